The molecule has 2 aromatic heterocycles. The molecule has 2 aromatic rings. The topological polar surface area (TPSA) is 146 Å². The summed E-state index contributed by atoms with van der Waals surface area (Å²) in [6.07, 6.45) is 4.20. The number of pyridine rings is 1. The molecule has 0 radical (unpaired) electrons. The third-order valence-corrected chi connectivity index (χ3v) is 6.27. The zero-order valence-corrected chi connectivity index (χ0v) is 17.0. The molecule has 0 aliphatic carbocycles. The van der Waals surface area contributed by atoms with Crippen molar-refractivity contribution in [3.8, 4) is 0 Å². The number of amides is 1. The highest BCUT2D eigenvalue weighted by Gasteiger charge is 2.32. The van der Waals surface area contributed by atoms with Gasteiger partial charge in [0.2, 0.25) is 0 Å². The minimum Gasteiger partial charge on any atom is -0.449 e. The fourth-order valence-electron chi connectivity index (χ4n) is 2.90. The maximum atomic E-state index is 10.8. The van der Waals surface area contributed by atoms with Gasteiger partial charge in [0.15, 0.2) is 5.82 Å². The van der Waals surface area contributed by atoms with E-state index in [-0.39, 0.29) is 11.2 Å². The number of halogens is 1. The molecule has 0 atom stereocenters. The van der Waals surface area contributed by atoms with Crippen LogP contribution in [0.3, 0.4) is 0 Å². The maximum absolute atomic E-state index is 10.8. The van der Waals surface area contributed by atoms with E-state index in [1.165, 1.54) is 11.8 Å². The van der Waals surface area contributed by atoms with Gasteiger partial charge in [-0.15, -0.1) is 0 Å². The predicted molar refractivity (Wildman–Crippen MR) is 109 cm³/mol. The molecule has 150 valence electrons. The number of anilines is 3. The van der Waals surface area contributed by atoms with Crippen molar-refractivity contribution in [1.82, 2.24) is 15.0 Å². The number of carbonyl (C=O) groups is 1. The highest BCUT2D eigenvalue weighted by Crippen LogP contribution is 2.37. The van der Waals surface area contributed by atoms with Gasteiger partial charge in [0.1, 0.15) is 16.7 Å². The fraction of sp³-hybridized carbons (Fsp3) is 0.412. The van der Waals surface area contributed by atoms with E-state index in [4.69, 9.17) is 33.5 Å². The molecular formula is C17H22ClN7O2S. The summed E-state index contributed by atoms with van der Waals surface area (Å²) in [4.78, 5) is 26.5. The van der Waals surface area contributed by atoms with Gasteiger partial charge in [0.05, 0.1) is 17.8 Å². The second kappa shape index (κ2) is 8.27. The van der Waals surface area contributed by atoms with Crippen molar-refractivity contribution >= 4 is 46.9 Å². The average molecular weight is 424 g/mol. The summed E-state index contributed by atoms with van der Waals surface area (Å²) >= 11 is 7.47. The van der Waals surface area contributed by atoms with Gasteiger partial charge in [-0.2, -0.15) is 0 Å². The Hall–Kier alpha value is -2.46. The summed E-state index contributed by atoms with van der Waals surface area (Å²) in [6, 6.07) is 1.75. The first-order chi connectivity index (χ1) is 13.3. The molecule has 1 saturated heterocycles. The Morgan fingerprint density at radius 3 is 2.68 bits per heavy atom. The fourth-order valence-corrected chi connectivity index (χ4v) is 3.92. The Labute approximate surface area is 172 Å². The largest absolute Gasteiger partial charge is 0.449 e. The van der Waals surface area contributed by atoms with Crippen LogP contribution in [0.2, 0.25) is 5.02 Å². The van der Waals surface area contributed by atoms with Gasteiger partial charge in [-0.1, -0.05) is 30.3 Å². The van der Waals surface area contributed by atoms with Crippen molar-refractivity contribution in [3.63, 3.8) is 0 Å². The lowest BCUT2D eigenvalue weighted by molar-refractivity contribution is 0.0818. The lowest BCUT2D eigenvalue weighted by Crippen LogP contribution is -2.42. The second-order valence-electron chi connectivity index (χ2n) is 6.93. The summed E-state index contributed by atoms with van der Waals surface area (Å²) < 4.78 is 4.98. The van der Waals surface area contributed by atoms with E-state index in [2.05, 4.69) is 26.8 Å². The van der Waals surface area contributed by atoms with E-state index in [0.717, 1.165) is 25.9 Å². The van der Waals surface area contributed by atoms with Crippen LogP contribution in [0.25, 0.3) is 0 Å². The van der Waals surface area contributed by atoms with Crippen LogP contribution in [0.15, 0.2) is 28.4 Å². The lowest BCUT2D eigenvalue weighted by atomic mass is 9.81. The van der Waals surface area contributed by atoms with E-state index in [1.807, 2.05) is 0 Å². The summed E-state index contributed by atoms with van der Waals surface area (Å²) in [5, 5.41) is 0.916. The number of nitrogens with two attached hydrogens (primary N) is 3. The summed E-state index contributed by atoms with van der Waals surface area (Å²) in [5.41, 5.74) is 16.8. The number of primary amides is 1. The smallest absolute Gasteiger partial charge is 0.404 e. The summed E-state index contributed by atoms with van der Waals surface area (Å²) in [6.45, 7) is 3.91. The van der Waals surface area contributed by atoms with Crippen molar-refractivity contribution < 1.29 is 9.53 Å². The number of hydrogen-bond donors (Lipinski definition) is 3. The highest BCUT2D eigenvalue weighted by molar-refractivity contribution is 7.99. The molecule has 0 spiro atoms. The molecule has 9 nitrogen and oxygen atoms in total. The quantitative estimate of drug-likeness (QED) is 0.659. The number of hydrogen-bond acceptors (Lipinski definition) is 9. The van der Waals surface area contributed by atoms with Crippen LogP contribution in [0.4, 0.5) is 22.2 Å². The molecule has 3 rings (SSSR count). The number of piperidine rings is 1. The average Bonchev–Trinajstić information content (AvgIpc) is 2.66. The Kier molecular flexibility index (Phi) is 5.99. The van der Waals surface area contributed by atoms with Crippen molar-refractivity contribution in [3.05, 3.63) is 23.5 Å². The van der Waals surface area contributed by atoms with Crippen molar-refractivity contribution in [2.75, 3.05) is 36.1 Å². The Morgan fingerprint density at radius 1 is 1.32 bits per heavy atom. The molecule has 1 aliphatic rings. The van der Waals surface area contributed by atoms with Gasteiger partial charge in [0.25, 0.3) is 0 Å². The molecule has 0 aromatic carbocycles. The molecule has 6 N–H and O–H groups in total. The van der Waals surface area contributed by atoms with Crippen LogP contribution in [0.5, 0.6) is 0 Å². The van der Waals surface area contributed by atoms with Crippen LogP contribution in [0.1, 0.15) is 19.8 Å². The van der Waals surface area contributed by atoms with Gasteiger partial charge in [-0.3, -0.25) is 0 Å². The monoisotopic (exact) mass is 423 g/mol. The molecule has 28 heavy (non-hydrogen) atoms. The van der Waals surface area contributed by atoms with Gasteiger partial charge in [0, 0.05) is 29.6 Å². The van der Waals surface area contributed by atoms with E-state index in [9.17, 15) is 4.79 Å². The number of nitrogen functional groups attached to an aromatic ring is 2. The molecule has 1 aliphatic heterocycles. The van der Waals surface area contributed by atoms with E-state index in [0.29, 0.717) is 33.2 Å². The minimum absolute atomic E-state index is 0.0989. The summed E-state index contributed by atoms with van der Waals surface area (Å²) in [5.74, 6) is 1.28. The number of nitrogens with zero attached hydrogens (tertiary/aromatic N) is 4. The Bertz CT molecular complexity index is 875. The number of aromatic nitrogens is 3. The second-order valence-corrected chi connectivity index (χ2v) is 8.34. The highest BCUT2D eigenvalue weighted by atomic mass is 35.5. The first-order valence-corrected chi connectivity index (χ1v) is 9.84. The third kappa shape index (κ3) is 4.68. The van der Waals surface area contributed by atoms with Gasteiger partial charge in [-0.25, -0.2) is 19.7 Å². The van der Waals surface area contributed by atoms with Crippen molar-refractivity contribution in [2.45, 2.75) is 29.7 Å². The zero-order chi connectivity index (χ0) is 20.3. The molecule has 0 unspecified atom stereocenters. The standard InChI is InChI=1S/C17H22ClN7O2S/c1-17(9-27-16(21)26)3-6-25(7-4-17)11-8-23-15(14(20)24-11)28-10-2-5-22-13(19)12(10)18/h2,5,8H,3-4,6-7,9H2,1H3,(H2,19,22)(H2,20,24)(H2,21,26). The van der Waals surface area contributed by atoms with Crippen LogP contribution >= 0.6 is 23.4 Å². The predicted octanol–water partition coefficient (Wildman–Crippen LogP) is 2.54. The molecule has 1 fully saturated rings. The number of carbonyl (C=O) groups excluding carboxylic acids is 1. The minimum atomic E-state index is -0.744. The molecule has 1 amide bonds. The molecule has 0 bridgehead atoms. The lowest BCUT2D eigenvalue weighted by Gasteiger charge is -2.39. The molecule has 0 saturated carbocycles. The van der Waals surface area contributed by atoms with E-state index >= 15 is 0 Å². The maximum Gasteiger partial charge on any atom is 0.404 e. The van der Waals surface area contributed by atoms with Crippen molar-refractivity contribution in [1.29, 1.82) is 0 Å². The van der Waals surface area contributed by atoms with Gasteiger partial charge >= 0.3 is 6.09 Å². The first-order valence-electron chi connectivity index (χ1n) is 8.65. The van der Waals surface area contributed by atoms with Crippen LogP contribution < -0.4 is 22.1 Å². The third-order valence-electron chi connectivity index (χ3n) is 4.70. The zero-order valence-electron chi connectivity index (χ0n) is 15.4. The van der Waals surface area contributed by atoms with Crippen molar-refractivity contribution in [2.24, 2.45) is 11.1 Å². The first kappa shape index (κ1) is 20.3. The van der Waals surface area contributed by atoms with Crippen LogP contribution in [-0.4, -0.2) is 40.7 Å². The normalized spacial score (nSPS) is 16.0. The van der Waals surface area contributed by atoms with Gasteiger partial charge in [-0.05, 0) is 18.9 Å². The van der Waals surface area contributed by atoms with Gasteiger partial charge < -0.3 is 26.8 Å². The van der Waals surface area contributed by atoms with Crippen LogP contribution in [-0.2, 0) is 4.74 Å². The molecule has 3 heterocycles. The van der Waals surface area contributed by atoms with E-state index in [1.54, 1.807) is 18.5 Å². The Balaban J connectivity index is 1.66. The molecular weight excluding hydrogens is 402 g/mol. The summed E-state index contributed by atoms with van der Waals surface area (Å²) in [7, 11) is 0. The number of rotatable bonds is 5. The van der Waals surface area contributed by atoms with Crippen LogP contribution in [0, 0.1) is 5.41 Å². The Morgan fingerprint density at radius 2 is 2.04 bits per heavy atom. The molecule has 11 heteroatoms. The van der Waals surface area contributed by atoms with E-state index < -0.39 is 6.09 Å². The number of ether oxygens (including phenoxy) is 1. The SMILES string of the molecule is CC1(COC(N)=O)CCN(c2cnc(Sc3ccnc(N)c3Cl)c(N)n2)CC1.